The summed E-state index contributed by atoms with van der Waals surface area (Å²) in [6.45, 7) is 1.79. The third-order valence-corrected chi connectivity index (χ3v) is 1.72. The van der Waals surface area contributed by atoms with Crippen molar-refractivity contribution in [3.05, 3.63) is 39.9 Å². The highest BCUT2D eigenvalue weighted by atomic mass is 32.1. The van der Waals surface area contributed by atoms with Crippen LogP contribution in [0.3, 0.4) is 0 Å². The third kappa shape index (κ3) is 1.85. The van der Waals surface area contributed by atoms with E-state index in [4.69, 9.17) is 12.2 Å². The quantitative estimate of drug-likeness (QED) is 0.304. The summed E-state index contributed by atoms with van der Waals surface area (Å²) in [4.78, 5) is 10.6. The summed E-state index contributed by atoms with van der Waals surface area (Å²) in [6, 6.07) is 6.21. The molecule has 0 bridgehead atoms. The van der Waals surface area contributed by atoms with Crippen LogP contribution in [0.15, 0.2) is 24.3 Å². The van der Waals surface area contributed by atoms with Gasteiger partial charge in [0.2, 0.25) is 0 Å². The number of hydrogen-bond donors (Lipinski definition) is 0. The standard InChI is InChI=1S/C8H7NO2S/c1-6(12)7-2-4-8(5-3-7)9(10)11/h2-5H,1H3. The van der Waals surface area contributed by atoms with E-state index >= 15 is 0 Å². The van der Waals surface area contributed by atoms with Crippen LogP contribution in [0.4, 0.5) is 5.69 Å². The average Bonchev–Trinajstić information content (AvgIpc) is 2.04. The summed E-state index contributed by atoms with van der Waals surface area (Å²) < 4.78 is 0. The largest absolute Gasteiger partial charge is 0.269 e. The second-order valence-corrected chi connectivity index (χ2v) is 2.97. The van der Waals surface area contributed by atoms with Gasteiger partial charge in [0.05, 0.1) is 4.92 Å². The van der Waals surface area contributed by atoms with Gasteiger partial charge in [-0.1, -0.05) is 12.2 Å². The van der Waals surface area contributed by atoms with E-state index in [0.29, 0.717) is 0 Å². The first-order chi connectivity index (χ1) is 5.61. The molecule has 0 fully saturated rings. The van der Waals surface area contributed by atoms with Gasteiger partial charge < -0.3 is 0 Å². The number of rotatable bonds is 2. The molecule has 0 aliphatic carbocycles. The molecule has 1 rings (SSSR count). The van der Waals surface area contributed by atoms with E-state index < -0.39 is 4.92 Å². The van der Waals surface area contributed by atoms with Gasteiger partial charge in [-0.25, -0.2) is 0 Å². The lowest BCUT2D eigenvalue weighted by molar-refractivity contribution is -0.384. The third-order valence-electron chi connectivity index (χ3n) is 1.48. The molecule has 0 aromatic heterocycles. The lowest BCUT2D eigenvalue weighted by atomic mass is 10.1. The molecule has 4 heteroatoms. The van der Waals surface area contributed by atoms with Crippen molar-refractivity contribution in [1.29, 1.82) is 0 Å². The molecule has 3 nitrogen and oxygen atoms in total. The van der Waals surface area contributed by atoms with Crippen LogP contribution in [0.2, 0.25) is 0 Å². The summed E-state index contributed by atoms with van der Waals surface area (Å²) in [5, 5.41) is 10.3. The number of nitro benzene ring substituents is 1. The molecule has 1 aromatic carbocycles. The molecule has 1 aromatic rings. The molecule has 0 saturated carbocycles. The summed E-state index contributed by atoms with van der Waals surface area (Å²) in [6.07, 6.45) is 0. The van der Waals surface area contributed by atoms with Gasteiger partial charge >= 0.3 is 0 Å². The number of hydrogen-bond acceptors (Lipinski definition) is 3. The number of nitrogens with zero attached hydrogens (tertiary/aromatic N) is 1. The van der Waals surface area contributed by atoms with Crippen LogP contribution < -0.4 is 0 Å². The molecule has 0 N–H and O–H groups in total. The first-order valence-electron chi connectivity index (χ1n) is 3.36. The smallest absolute Gasteiger partial charge is 0.258 e. The Labute approximate surface area is 75.2 Å². The second kappa shape index (κ2) is 3.40. The highest BCUT2D eigenvalue weighted by Gasteiger charge is 2.03. The number of benzene rings is 1. The molecule has 0 amide bonds. The SMILES string of the molecule is CC(=S)c1ccc([N+](=O)[O-])cc1. The lowest BCUT2D eigenvalue weighted by Gasteiger charge is -1.95. The Balaban J connectivity index is 3.01. The van der Waals surface area contributed by atoms with Gasteiger partial charge in [-0.3, -0.25) is 10.1 Å². The fraction of sp³-hybridized carbons (Fsp3) is 0.125. The molecule has 0 aliphatic rings. The molecular weight excluding hydrogens is 174 g/mol. The van der Waals surface area contributed by atoms with Gasteiger partial charge in [-0.05, 0) is 24.6 Å². The van der Waals surface area contributed by atoms with Gasteiger partial charge in [-0.15, -0.1) is 0 Å². The van der Waals surface area contributed by atoms with Gasteiger partial charge in [0.1, 0.15) is 0 Å². The summed E-state index contributed by atoms with van der Waals surface area (Å²) in [5.41, 5.74) is 0.950. The molecule has 0 radical (unpaired) electrons. The van der Waals surface area contributed by atoms with Gasteiger partial charge in [0, 0.05) is 17.0 Å². The predicted octanol–water partition coefficient (Wildman–Crippen LogP) is 2.33. The van der Waals surface area contributed by atoms with Crippen molar-refractivity contribution in [3.63, 3.8) is 0 Å². The van der Waals surface area contributed by atoms with Crippen molar-refractivity contribution in [2.75, 3.05) is 0 Å². The fourth-order valence-corrected chi connectivity index (χ4v) is 0.954. The Kier molecular flexibility index (Phi) is 2.50. The Bertz CT molecular complexity index is 285. The summed E-state index contributed by atoms with van der Waals surface area (Å²) in [7, 11) is 0. The van der Waals surface area contributed by atoms with Gasteiger partial charge in [0.15, 0.2) is 0 Å². The molecular formula is C8H7NO2S. The van der Waals surface area contributed by atoms with E-state index in [0.717, 1.165) is 10.4 Å². The molecule has 0 saturated heterocycles. The Morgan fingerprint density at radius 1 is 1.42 bits per heavy atom. The van der Waals surface area contributed by atoms with E-state index in [-0.39, 0.29) is 5.69 Å². The molecule has 0 atom stereocenters. The van der Waals surface area contributed by atoms with Crippen molar-refractivity contribution < 1.29 is 4.92 Å². The van der Waals surface area contributed by atoms with Crippen LogP contribution in [0.5, 0.6) is 0 Å². The van der Waals surface area contributed by atoms with Crippen molar-refractivity contribution in [3.8, 4) is 0 Å². The minimum Gasteiger partial charge on any atom is -0.258 e. The highest BCUT2D eigenvalue weighted by Crippen LogP contribution is 2.12. The molecule has 0 aliphatic heterocycles. The van der Waals surface area contributed by atoms with Crippen LogP contribution in [-0.2, 0) is 0 Å². The zero-order valence-electron chi connectivity index (χ0n) is 6.48. The lowest BCUT2D eigenvalue weighted by Crippen LogP contribution is -1.91. The van der Waals surface area contributed by atoms with Crippen LogP contribution in [-0.4, -0.2) is 9.79 Å². The van der Waals surface area contributed by atoms with Crippen LogP contribution >= 0.6 is 12.2 Å². The van der Waals surface area contributed by atoms with Gasteiger partial charge in [-0.2, -0.15) is 0 Å². The number of nitro groups is 1. The normalized spacial score (nSPS) is 9.42. The predicted molar refractivity (Wildman–Crippen MR) is 50.5 cm³/mol. The molecule has 12 heavy (non-hydrogen) atoms. The zero-order chi connectivity index (χ0) is 9.14. The summed E-state index contributed by atoms with van der Waals surface area (Å²) >= 11 is 4.90. The fourth-order valence-electron chi connectivity index (χ4n) is 0.818. The van der Waals surface area contributed by atoms with Crippen LogP contribution in [0.25, 0.3) is 0 Å². The number of thiocarbonyl (C=S) groups is 1. The van der Waals surface area contributed by atoms with Crippen LogP contribution in [0, 0.1) is 10.1 Å². The van der Waals surface area contributed by atoms with Crippen molar-refractivity contribution in [2.24, 2.45) is 0 Å². The van der Waals surface area contributed by atoms with E-state index in [9.17, 15) is 10.1 Å². The van der Waals surface area contributed by atoms with Gasteiger partial charge in [0.25, 0.3) is 5.69 Å². The zero-order valence-corrected chi connectivity index (χ0v) is 7.30. The molecule has 0 unspecified atom stereocenters. The maximum Gasteiger partial charge on any atom is 0.269 e. The topological polar surface area (TPSA) is 43.1 Å². The Morgan fingerprint density at radius 2 is 1.92 bits per heavy atom. The van der Waals surface area contributed by atoms with E-state index in [2.05, 4.69) is 0 Å². The number of non-ortho nitro benzene ring substituents is 1. The molecule has 62 valence electrons. The average molecular weight is 181 g/mol. The summed E-state index contributed by atoms with van der Waals surface area (Å²) in [5.74, 6) is 0. The minimum atomic E-state index is -0.428. The maximum absolute atomic E-state index is 10.3. The van der Waals surface area contributed by atoms with E-state index in [1.807, 2.05) is 0 Å². The Morgan fingerprint density at radius 3 is 2.25 bits per heavy atom. The highest BCUT2D eigenvalue weighted by molar-refractivity contribution is 7.80. The minimum absolute atomic E-state index is 0.0926. The Hall–Kier alpha value is -1.29. The second-order valence-electron chi connectivity index (χ2n) is 2.36. The monoisotopic (exact) mass is 181 g/mol. The molecule has 0 spiro atoms. The molecule has 0 heterocycles. The van der Waals surface area contributed by atoms with E-state index in [1.165, 1.54) is 12.1 Å². The first kappa shape index (κ1) is 8.80. The first-order valence-corrected chi connectivity index (χ1v) is 3.77. The van der Waals surface area contributed by atoms with Crippen molar-refractivity contribution in [2.45, 2.75) is 6.92 Å². The van der Waals surface area contributed by atoms with E-state index in [1.54, 1.807) is 19.1 Å². The van der Waals surface area contributed by atoms with Crippen molar-refractivity contribution in [1.82, 2.24) is 0 Å². The maximum atomic E-state index is 10.3. The van der Waals surface area contributed by atoms with Crippen molar-refractivity contribution >= 4 is 22.8 Å². The van der Waals surface area contributed by atoms with Crippen LogP contribution in [0.1, 0.15) is 12.5 Å².